The lowest BCUT2D eigenvalue weighted by Crippen LogP contribution is -2.39. The van der Waals surface area contributed by atoms with Gasteiger partial charge in [0.15, 0.2) is 5.82 Å². The molecule has 0 atom stereocenters. The van der Waals surface area contributed by atoms with E-state index in [0.717, 1.165) is 41.2 Å². The Bertz CT molecular complexity index is 1030. The molecular weight excluding hydrogens is 392 g/mol. The molecule has 0 amide bonds. The van der Waals surface area contributed by atoms with E-state index in [-0.39, 0.29) is 5.41 Å². The average Bonchev–Trinajstić information content (AvgIpc) is 2.99. The molecule has 0 bridgehead atoms. The van der Waals surface area contributed by atoms with Gasteiger partial charge in [-0.2, -0.15) is 10.1 Å². The van der Waals surface area contributed by atoms with Crippen molar-refractivity contribution < 1.29 is 4.74 Å². The number of nitrogens with one attached hydrogen (secondary N) is 1. The van der Waals surface area contributed by atoms with E-state index in [1.165, 1.54) is 0 Å². The van der Waals surface area contributed by atoms with Crippen LogP contribution in [-0.4, -0.2) is 71.0 Å². The quantitative estimate of drug-likeness (QED) is 0.559. The minimum absolute atomic E-state index is 0.0862. The Morgan fingerprint density at radius 1 is 1.13 bits per heavy atom. The number of aryl methyl sites for hydroxylation is 2. The summed E-state index contributed by atoms with van der Waals surface area (Å²) in [6, 6.07) is 3.84. The summed E-state index contributed by atoms with van der Waals surface area (Å²) in [5.41, 5.74) is 3.76. The van der Waals surface area contributed by atoms with Gasteiger partial charge in [0.1, 0.15) is 11.0 Å². The summed E-state index contributed by atoms with van der Waals surface area (Å²) in [5.74, 6) is 2.04. The van der Waals surface area contributed by atoms with Crippen LogP contribution in [0.1, 0.15) is 25.1 Å². The van der Waals surface area contributed by atoms with E-state index in [0.29, 0.717) is 18.4 Å². The lowest BCUT2D eigenvalue weighted by molar-refractivity contribution is 0.245. The number of rotatable bonds is 9. The van der Waals surface area contributed by atoms with Crippen LogP contribution in [0, 0.1) is 12.3 Å². The number of anilines is 2. The fraction of sp³-hybridized carbons (Fsp3) is 0.545. The summed E-state index contributed by atoms with van der Waals surface area (Å²) in [6.07, 6.45) is 1.80. The molecule has 3 heterocycles. The van der Waals surface area contributed by atoms with E-state index in [1.54, 1.807) is 13.3 Å². The summed E-state index contributed by atoms with van der Waals surface area (Å²) in [6.45, 7) is 8.88. The lowest BCUT2D eigenvalue weighted by atomic mass is 9.92. The van der Waals surface area contributed by atoms with E-state index in [2.05, 4.69) is 53.1 Å². The van der Waals surface area contributed by atoms with Gasteiger partial charge in [-0.05, 0) is 32.0 Å². The largest absolute Gasteiger partial charge is 0.481 e. The Morgan fingerprint density at radius 2 is 1.87 bits per heavy atom. The molecule has 0 saturated heterocycles. The zero-order chi connectivity index (χ0) is 22.8. The highest BCUT2D eigenvalue weighted by atomic mass is 16.5. The van der Waals surface area contributed by atoms with Crippen LogP contribution in [0.25, 0.3) is 11.0 Å². The monoisotopic (exact) mass is 426 g/mol. The minimum atomic E-state index is 0.0862. The molecule has 0 aliphatic carbocycles. The van der Waals surface area contributed by atoms with Crippen molar-refractivity contribution in [3.63, 3.8) is 0 Å². The number of methoxy groups -OCH3 is 1. The molecule has 1 N–H and O–H groups in total. The van der Waals surface area contributed by atoms with Gasteiger partial charge < -0.3 is 19.9 Å². The fourth-order valence-electron chi connectivity index (χ4n) is 4.06. The number of nitrogens with zero attached hydrogens (tertiary/aromatic N) is 7. The van der Waals surface area contributed by atoms with Crippen molar-refractivity contribution in [1.82, 2.24) is 29.6 Å². The maximum absolute atomic E-state index is 5.14. The Balaban J connectivity index is 1.90. The van der Waals surface area contributed by atoms with Crippen LogP contribution in [0.5, 0.6) is 5.88 Å². The maximum Gasteiger partial charge on any atom is 0.227 e. The van der Waals surface area contributed by atoms with Crippen molar-refractivity contribution >= 4 is 22.8 Å². The van der Waals surface area contributed by atoms with E-state index in [1.807, 2.05) is 37.8 Å². The molecule has 9 heteroatoms. The number of ether oxygens (including phenoxy) is 1. The molecule has 3 aromatic rings. The van der Waals surface area contributed by atoms with Gasteiger partial charge >= 0.3 is 0 Å². The number of hydrogen-bond acceptors (Lipinski definition) is 8. The zero-order valence-electron chi connectivity index (χ0n) is 19.9. The molecule has 0 aromatic carbocycles. The third kappa shape index (κ3) is 5.41. The molecule has 31 heavy (non-hydrogen) atoms. The number of fused-ring (bicyclic) bond motifs is 1. The summed E-state index contributed by atoms with van der Waals surface area (Å²) in [7, 11) is 9.77. The molecule has 168 valence electrons. The first-order valence-electron chi connectivity index (χ1n) is 10.4. The Morgan fingerprint density at radius 3 is 2.48 bits per heavy atom. The number of pyridine rings is 1. The van der Waals surface area contributed by atoms with Crippen molar-refractivity contribution in [3.05, 3.63) is 29.6 Å². The molecular formula is C22H34N8O. The maximum atomic E-state index is 5.14. The predicted octanol–water partition coefficient (Wildman–Crippen LogP) is 2.71. The zero-order valence-corrected chi connectivity index (χ0v) is 19.9. The van der Waals surface area contributed by atoms with E-state index in [4.69, 9.17) is 14.7 Å². The second kappa shape index (κ2) is 9.05. The van der Waals surface area contributed by atoms with Crippen LogP contribution in [0.15, 0.2) is 18.3 Å². The lowest BCUT2D eigenvalue weighted by Gasteiger charge is -2.32. The van der Waals surface area contributed by atoms with Crippen LogP contribution >= 0.6 is 0 Å². The Labute approximate surface area is 184 Å². The molecule has 0 fully saturated rings. The first-order valence-corrected chi connectivity index (χ1v) is 10.4. The summed E-state index contributed by atoms with van der Waals surface area (Å²) >= 11 is 0. The highest BCUT2D eigenvalue weighted by molar-refractivity contribution is 5.88. The first kappa shape index (κ1) is 22.7. The summed E-state index contributed by atoms with van der Waals surface area (Å²) in [5, 5.41) is 8.02. The van der Waals surface area contributed by atoms with Crippen molar-refractivity contribution in [2.45, 2.75) is 27.3 Å². The third-order valence-corrected chi connectivity index (χ3v) is 5.06. The van der Waals surface area contributed by atoms with Crippen LogP contribution in [0.2, 0.25) is 0 Å². The van der Waals surface area contributed by atoms with Crippen LogP contribution in [-0.2, 0) is 13.6 Å². The normalized spacial score (nSPS) is 11.9. The highest BCUT2D eigenvalue weighted by Gasteiger charge is 2.24. The van der Waals surface area contributed by atoms with Crippen molar-refractivity contribution in [2.75, 3.05) is 51.6 Å². The van der Waals surface area contributed by atoms with Crippen LogP contribution in [0.3, 0.4) is 0 Å². The van der Waals surface area contributed by atoms with Gasteiger partial charge in [0.05, 0.1) is 12.8 Å². The molecule has 0 aliphatic heterocycles. The van der Waals surface area contributed by atoms with E-state index in [9.17, 15) is 0 Å². The van der Waals surface area contributed by atoms with Crippen molar-refractivity contribution in [1.29, 1.82) is 0 Å². The van der Waals surface area contributed by atoms with Gasteiger partial charge in [0.2, 0.25) is 11.8 Å². The van der Waals surface area contributed by atoms with Gasteiger partial charge in [0.25, 0.3) is 0 Å². The molecule has 0 radical (unpaired) electrons. The molecule has 0 spiro atoms. The van der Waals surface area contributed by atoms with Gasteiger partial charge in [-0.15, -0.1) is 0 Å². The fourth-order valence-corrected chi connectivity index (χ4v) is 4.06. The smallest absolute Gasteiger partial charge is 0.227 e. The van der Waals surface area contributed by atoms with Gasteiger partial charge in [-0.3, -0.25) is 4.68 Å². The Kier molecular flexibility index (Phi) is 6.64. The second-order valence-electron chi connectivity index (χ2n) is 9.10. The molecule has 0 aliphatic rings. The van der Waals surface area contributed by atoms with E-state index < -0.39 is 0 Å². The van der Waals surface area contributed by atoms with Crippen LogP contribution < -0.4 is 15.0 Å². The predicted molar refractivity (Wildman–Crippen MR) is 125 cm³/mol. The molecule has 0 unspecified atom stereocenters. The van der Waals surface area contributed by atoms with Crippen molar-refractivity contribution in [3.8, 4) is 5.88 Å². The molecule has 3 aromatic heterocycles. The summed E-state index contributed by atoms with van der Waals surface area (Å²) in [4.78, 5) is 18.3. The van der Waals surface area contributed by atoms with Gasteiger partial charge in [-0.25, -0.2) is 9.97 Å². The summed E-state index contributed by atoms with van der Waals surface area (Å²) < 4.78 is 6.97. The third-order valence-electron chi connectivity index (χ3n) is 5.06. The van der Waals surface area contributed by atoms with Crippen molar-refractivity contribution in [2.24, 2.45) is 12.5 Å². The van der Waals surface area contributed by atoms with Crippen LogP contribution in [0.4, 0.5) is 11.8 Å². The minimum Gasteiger partial charge on any atom is -0.481 e. The SMILES string of the molecule is COc1ccc(CNc2nc(N(C)CC(C)(C)CN(C)C)nc3c(C)nn(C)c23)cn1. The second-order valence-corrected chi connectivity index (χ2v) is 9.10. The molecule has 0 saturated carbocycles. The topological polar surface area (TPSA) is 84.2 Å². The standard InChI is InChI=1S/C22H34N8O/c1-15-18-19(30(7)27-15)20(24-12-16-9-10-17(31-8)23-11-16)26-21(25-18)29(6)14-22(2,3)13-28(4)5/h9-11H,12-14H2,1-8H3,(H,24,25,26). The number of aromatic nitrogens is 5. The highest BCUT2D eigenvalue weighted by Crippen LogP contribution is 2.27. The first-order chi connectivity index (χ1) is 14.6. The number of hydrogen-bond donors (Lipinski definition) is 1. The van der Waals surface area contributed by atoms with Gasteiger partial charge in [-0.1, -0.05) is 19.9 Å². The molecule has 3 rings (SSSR count). The molecule has 9 nitrogen and oxygen atoms in total. The van der Waals surface area contributed by atoms with Gasteiger partial charge in [0, 0.05) is 46.0 Å². The average molecular weight is 427 g/mol. The van der Waals surface area contributed by atoms with E-state index >= 15 is 0 Å². The Hall–Kier alpha value is -2.94.